The minimum atomic E-state index is -0.215. The van der Waals surface area contributed by atoms with Crippen molar-refractivity contribution in [3.63, 3.8) is 0 Å². The van der Waals surface area contributed by atoms with E-state index in [1.807, 2.05) is 37.5 Å². The van der Waals surface area contributed by atoms with Gasteiger partial charge < -0.3 is 13.8 Å². The van der Waals surface area contributed by atoms with Crippen LogP contribution >= 0.6 is 11.9 Å². The highest BCUT2D eigenvalue weighted by molar-refractivity contribution is 8.03. The Morgan fingerprint density at radius 3 is 2.33 bits per heavy atom. The Labute approximate surface area is 114 Å². The predicted octanol–water partition coefficient (Wildman–Crippen LogP) is 3.68. The fraction of sp³-hybridized carbons (Fsp3) is 0.429. The van der Waals surface area contributed by atoms with Crippen LogP contribution in [0.2, 0.25) is 0 Å². The largest absolute Gasteiger partial charge is 0.351 e. The third-order valence-electron chi connectivity index (χ3n) is 2.27. The van der Waals surface area contributed by atoms with E-state index < -0.39 is 0 Å². The van der Waals surface area contributed by atoms with Crippen molar-refractivity contribution in [1.29, 1.82) is 0 Å². The van der Waals surface area contributed by atoms with Crippen LogP contribution in [0.4, 0.5) is 5.69 Å². The summed E-state index contributed by atoms with van der Waals surface area (Å²) < 4.78 is 13.3. The smallest absolute Gasteiger partial charge is 0.175 e. The quantitative estimate of drug-likeness (QED) is 0.502. The summed E-state index contributed by atoms with van der Waals surface area (Å²) in [6, 6.07) is 10.2. The standard InChI is InChI=1S/C14H21NO2S/c1-4-16-14(17-5-2)12-15(18-6-3)13-10-8-7-9-11-13/h6-11,14H,3-5,12H2,1-2H3. The molecule has 100 valence electrons. The van der Waals surface area contributed by atoms with Gasteiger partial charge in [-0.15, -0.1) is 0 Å². The third kappa shape index (κ3) is 5.12. The molecule has 0 aromatic heterocycles. The monoisotopic (exact) mass is 267 g/mol. The van der Waals surface area contributed by atoms with Crippen molar-refractivity contribution in [3.05, 3.63) is 42.3 Å². The number of para-hydroxylation sites is 1. The highest BCUT2D eigenvalue weighted by Crippen LogP contribution is 2.23. The third-order valence-corrected chi connectivity index (χ3v) is 3.03. The van der Waals surface area contributed by atoms with E-state index in [1.54, 1.807) is 11.9 Å². The lowest BCUT2D eigenvalue weighted by molar-refractivity contribution is -0.127. The molecule has 0 spiro atoms. The van der Waals surface area contributed by atoms with E-state index in [4.69, 9.17) is 9.47 Å². The summed E-state index contributed by atoms with van der Waals surface area (Å²) in [7, 11) is 0. The van der Waals surface area contributed by atoms with Gasteiger partial charge in [-0.05, 0) is 43.3 Å². The van der Waals surface area contributed by atoms with Gasteiger partial charge in [0.05, 0.1) is 6.54 Å². The molecule has 0 radical (unpaired) electrons. The molecule has 0 amide bonds. The van der Waals surface area contributed by atoms with Gasteiger partial charge in [0.15, 0.2) is 6.29 Å². The molecule has 0 aliphatic carbocycles. The zero-order valence-electron chi connectivity index (χ0n) is 11.0. The Morgan fingerprint density at radius 2 is 1.83 bits per heavy atom. The molecule has 0 fully saturated rings. The lowest BCUT2D eigenvalue weighted by Crippen LogP contribution is -2.31. The van der Waals surface area contributed by atoms with Crippen LogP contribution < -0.4 is 4.31 Å². The SMILES string of the molecule is C=CSN(CC(OCC)OCC)c1ccccc1. The summed E-state index contributed by atoms with van der Waals surface area (Å²) in [6.07, 6.45) is -0.215. The lowest BCUT2D eigenvalue weighted by Gasteiger charge is -2.26. The topological polar surface area (TPSA) is 21.7 Å². The molecular weight excluding hydrogens is 246 g/mol. The van der Waals surface area contributed by atoms with Crippen LogP contribution in [0.5, 0.6) is 0 Å². The average Bonchev–Trinajstić information content (AvgIpc) is 2.40. The Bertz CT molecular complexity index is 326. The molecule has 0 N–H and O–H groups in total. The van der Waals surface area contributed by atoms with E-state index >= 15 is 0 Å². The lowest BCUT2D eigenvalue weighted by atomic mass is 10.3. The molecule has 0 saturated heterocycles. The minimum absolute atomic E-state index is 0.215. The summed E-state index contributed by atoms with van der Waals surface area (Å²) in [5, 5.41) is 1.81. The zero-order valence-corrected chi connectivity index (χ0v) is 11.9. The molecule has 3 nitrogen and oxygen atoms in total. The molecule has 0 unspecified atom stereocenters. The van der Waals surface area contributed by atoms with Crippen LogP contribution in [-0.2, 0) is 9.47 Å². The molecule has 0 aliphatic heterocycles. The average molecular weight is 267 g/mol. The molecule has 4 heteroatoms. The van der Waals surface area contributed by atoms with Crippen molar-refractivity contribution < 1.29 is 9.47 Å². The van der Waals surface area contributed by atoms with Crippen LogP contribution in [0.3, 0.4) is 0 Å². The van der Waals surface area contributed by atoms with Gasteiger partial charge in [0.1, 0.15) is 0 Å². The first-order chi connectivity index (χ1) is 8.81. The van der Waals surface area contributed by atoms with Gasteiger partial charge in [-0.2, -0.15) is 0 Å². The number of ether oxygens (including phenoxy) is 2. The molecule has 18 heavy (non-hydrogen) atoms. The van der Waals surface area contributed by atoms with Gasteiger partial charge in [-0.25, -0.2) is 0 Å². The van der Waals surface area contributed by atoms with E-state index in [0.29, 0.717) is 19.8 Å². The van der Waals surface area contributed by atoms with Crippen molar-refractivity contribution in [1.82, 2.24) is 0 Å². The number of hydrogen-bond donors (Lipinski definition) is 0. The highest BCUT2D eigenvalue weighted by atomic mass is 32.2. The number of rotatable bonds is 9. The van der Waals surface area contributed by atoms with Gasteiger partial charge in [0, 0.05) is 18.9 Å². The molecule has 0 saturated carbocycles. The maximum atomic E-state index is 5.57. The van der Waals surface area contributed by atoms with E-state index in [-0.39, 0.29) is 6.29 Å². The van der Waals surface area contributed by atoms with E-state index in [9.17, 15) is 0 Å². The fourth-order valence-electron chi connectivity index (χ4n) is 1.55. The van der Waals surface area contributed by atoms with Crippen LogP contribution in [0, 0.1) is 0 Å². The second-order valence-electron chi connectivity index (χ2n) is 3.51. The Balaban J connectivity index is 2.69. The van der Waals surface area contributed by atoms with E-state index in [2.05, 4.69) is 23.0 Å². The highest BCUT2D eigenvalue weighted by Gasteiger charge is 2.14. The summed E-state index contributed by atoms with van der Waals surface area (Å²) in [5.41, 5.74) is 1.12. The number of hydrogen-bond acceptors (Lipinski definition) is 4. The summed E-state index contributed by atoms with van der Waals surface area (Å²) in [4.78, 5) is 0. The van der Waals surface area contributed by atoms with Crippen LogP contribution in [0.15, 0.2) is 42.3 Å². The van der Waals surface area contributed by atoms with E-state index in [1.165, 1.54) is 0 Å². The molecule has 1 aromatic rings. The van der Waals surface area contributed by atoms with Crippen molar-refractivity contribution in [2.45, 2.75) is 20.1 Å². The van der Waals surface area contributed by atoms with Crippen molar-refractivity contribution in [2.24, 2.45) is 0 Å². The maximum Gasteiger partial charge on any atom is 0.175 e. The molecular formula is C14H21NO2S. The fourth-order valence-corrected chi connectivity index (χ4v) is 2.19. The predicted molar refractivity (Wildman–Crippen MR) is 78.6 cm³/mol. The maximum absolute atomic E-state index is 5.57. The Kier molecular flexibility index (Phi) is 7.57. The Morgan fingerprint density at radius 1 is 1.22 bits per heavy atom. The van der Waals surface area contributed by atoms with E-state index in [0.717, 1.165) is 5.69 Å². The molecule has 0 bridgehead atoms. The van der Waals surface area contributed by atoms with Crippen molar-refractivity contribution in [3.8, 4) is 0 Å². The number of nitrogens with zero attached hydrogens (tertiary/aromatic N) is 1. The molecule has 0 aliphatic rings. The molecule has 1 aromatic carbocycles. The first-order valence-electron chi connectivity index (χ1n) is 6.15. The minimum Gasteiger partial charge on any atom is -0.351 e. The van der Waals surface area contributed by atoms with Gasteiger partial charge in [0.25, 0.3) is 0 Å². The van der Waals surface area contributed by atoms with Crippen molar-refractivity contribution >= 4 is 17.6 Å². The molecule has 0 atom stereocenters. The number of benzene rings is 1. The Hall–Kier alpha value is -0.970. The second kappa shape index (κ2) is 9.03. The molecule has 1 rings (SSSR count). The van der Waals surface area contributed by atoms with Gasteiger partial charge in [-0.3, -0.25) is 0 Å². The second-order valence-corrected chi connectivity index (χ2v) is 4.49. The first-order valence-corrected chi connectivity index (χ1v) is 6.98. The van der Waals surface area contributed by atoms with Crippen molar-refractivity contribution in [2.75, 3.05) is 24.1 Å². The molecule has 0 heterocycles. The zero-order chi connectivity index (χ0) is 13.2. The normalized spacial score (nSPS) is 10.6. The summed E-state index contributed by atoms with van der Waals surface area (Å²) in [6.45, 7) is 9.67. The summed E-state index contributed by atoms with van der Waals surface area (Å²) in [5.74, 6) is 0. The first kappa shape index (κ1) is 15.1. The van der Waals surface area contributed by atoms with Crippen LogP contribution in [0.1, 0.15) is 13.8 Å². The van der Waals surface area contributed by atoms with Gasteiger partial charge in [-0.1, -0.05) is 24.8 Å². The van der Waals surface area contributed by atoms with Gasteiger partial charge in [0.2, 0.25) is 0 Å². The van der Waals surface area contributed by atoms with Gasteiger partial charge >= 0.3 is 0 Å². The van der Waals surface area contributed by atoms with Crippen LogP contribution in [0.25, 0.3) is 0 Å². The summed E-state index contributed by atoms with van der Waals surface area (Å²) >= 11 is 1.55. The van der Waals surface area contributed by atoms with Crippen LogP contribution in [-0.4, -0.2) is 26.0 Å². The number of anilines is 1.